The van der Waals surface area contributed by atoms with Crippen molar-refractivity contribution in [2.75, 3.05) is 27.3 Å². The highest BCUT2D eigenvalue weighted by atomic mass is 35.5. The van der Waals surface area contributed by atoms with E-state index >= 15 is 0 Å². The lowest BCUT2D eigenvalue weighted by molar-refractivity contribution is -0.130. The molecule has 0 saturated carbocycles. The summed E-state index contributed by atoms with van der Waals surface area (Å²) < 4.78 is 10.5. The number of amides is 2. The van der Waals surface area contributed by atoms with Crippen LogP contribution in [-0.4, -0.2) is 44.0 Å². The molecule has 0 saturated heterocycles. The second-order valence-corrected chi connectivity index (χ2v) is 6.17. The van der Waals surface area contributed by atoms with Crippen LogP contribution in [0.3, 0.4) is 0 Å². The van der Waals surface area contributed by atoms with Gasteiger partial charge < -0.3 is 19.7 Å². The van der Waals surface area contributed by atoms with E-state index < -0.39 is 0 Å². The molecule has 2 aromatic rings. The van der Waals surface area contributed by atoms with E-state index in [0.717, 1.165) is 5.56 Å². The van der Waals surface area contributed by atoms with Crippen molar-refractivity contribution >= 4 is 23.4 Å². The number of benzene rings is 2. The van der Waals surface area contributed by atoms with Gasteiger partial charge in [-0.1, -0.05) is 29.8 Å². The van der Waals surface area contributed by atoms with Gasteiger partial charge in [-0.25, -0.2) is 0 Å². The van der Waals surface area contributed by atoms with Crippen molar-refractivity contribution in [3.63, 3.8) is 0 Å². The largest absolute Gasteiger partial charge is 0.493 e. The van der Waals surface area contributed by atoms with E-state index in [1.54, 1.807) is 49.5 Å². The summed E-state index contributed by atoms with van der Waals surface area (Å²) in [5, 5.41) is 2.97. The van der Waals surface area contributed by atoms with Gasteiger partial charge in [-0.15, -0.1) is 0 Å². The zero-order valence-corrected chi connectivity index (χ0v) is 16.4. The fraction of sp³-hybridized carbons (Fsp3) is 0.300. The van der Waals surface area contributed by atoms with Crippen LogP contribution in [0.5, 0.6) is 11.5 Å². The summed E-state index contributed by atoms with van der Waals surface area (Å²) in [6.07, 6.45) is 0. The van der Waals surface area contributed by atoms with Crippen molar-refractivity contribution in [1.29, 1.82) is 0 Å². The third-order valence-corrected chi connectivity index (χ3v) is 4.40. The third kappa shape index (κ3) is 5.37. The highest BCUT2D eigenvalue weighted by Gasteiger charge is 2.16. The van der Waals surface area contributed by atoms with Crippen molar-refractivity contribution in [3.05, 3.63) is 58.6 Å². The Labute approximate surface area is 164 Å². The molecule has 0 heterocycles. The molecule has 0 atom stereocenters. The summed E-state index contributed by atoms with van der Waals surface area (Å²) in [5.41, 5.74) is 1.25. The summed E-state index contributed by atoms with van der Waals surface area (Å²) >= 11 is 6.01. The quantitative estimate of drug-likeness (QED) is 0.751. The van der Waals surface area contributed by atoms with Crippen molar-refractivity contribution in [2.24, 2.45) is 0 Å². The topological polar surface area (TPSA) is 67.9 Å². The molecule has 0 aliphatic rings. The number of likely N-dealkylation sites (N-methyl/N-ethyl adjacent to an activating group) is 1. The van der Waals surface area contributed by atoms with Crippen LogP contribution >= 0.6 is 11.6 Å². The first-order valence-electron chi connectivity index (χ1n) is 8.51. The lowest BCUT2D eigenvalue weighted by Crippen LogP contribution is -2.39. The number of rotatable bonds is 8. The standard InChI is InChI=1S/C20H23ClN2O4/c1-4-23(13-14-9-10-17(26-2)18(11-14)27-3)19(24)12-22-20(25)15-7-5-6-8-16(15)21/h5-11H,4,12-13H2,1-3H3,(H,22,25). The fourth-order valence-electron chi connectivity index (χ4n) is 2.58. The van der Waals surface area contributed by atoms with Crippen molar-refractivity contribution in [3.8, 4) is 11.5 Å². The van der Waals surface area contributed by atoms with Crippen LogP contribution in [0.1, 0.15) is 22.8 Å². The van der Waals surface area contributed by atoms with Crippen LogP contribution in [0.2, 0.25) is 5.02 Å². The second-order valence-electron chi connectivity index (χ2n) is 5.76. The van der Waals surface area contributed by atoms with Gasteiger partial charge in [0.15, 0.2) is 11.5 Å². The highest BCUT2D eigenvalue weighted by Crippen LogP contribution is 2.28. The predicted molar refractivity (Wildman–Crippen MR) is 104 cm³/mol. The molecule has 0 radical (unpaired) electrons. The normalized spacial score (nSPS) is 10.2. The molecular weight excluding hydrogens is 368 g/mol. The number of nitrogens with one attached hydrogen (secondary N) is 1. The van der Waals surface area contributed by atoms with E-state index in [-0.39, 0.29) is 18.4 Å². The molecule has 0 fully saturated rings. The summed E-state index contributed by atoms with van der Waals surface area (Å²) in [7, 11) is 3.13. The zero-order chi connectivity index (χ0) is 19.8. The monoisotopic (exact) mass is 390 g/mol. The van der Waals surface area contributed by atoms with E-state index in [4.69, 9.17) is 21.1 Å². The summed E-state index contributed by atoms with van der Waals surface area (Å²) in [6, 6.07) is 12.2. The molecule has 7 heteroatoms. The molecule has 144 valence electrons. The Morgan fingerprint density at radius 3 is 2.41 bits per heavy atom. The Hall–Kier alpha value is -2.73. The van der Waals surface area contributed by atoms with Gasteiger partial charge in [0.05, 0.1) is 31.4 Å². The van der Waals surface area contributed by atoms with Crippen molar-refractivity contribution < 1.29 is 19.1 Å². The number of halogens is 1. The molecular formula is C20H23ClN2O4. The second kappa shape index (κ2) is 9.83. The molecule has 0 aliphatic carbocycles. The molecule has 2 aromatic carbocycles. The minimum Gasteiger partial charge on any atom is -0.493 e. The number of nitrogens with zero attached hydrogens (tertiary/aromatic N) is 1. The molecule has 2 rings (SSSR count). The maximum Gasteiger partial charge on any atom is 0.253 e. The minimum absolute atomic E-state index is 0.106. The Morgan fingerprint density at radius 2 is 1.78 bits per heavy atom. The average molecular weight is 391 g/mol. The molecule has 0 spiro atoms. The third-order valence-electron chi connectivity index (χ3n) is 4.07. The molecule has 0 aliphatic heterocycles. The first-order valence-corrected chi connectivity index (χ1v) is 8.89. The summed E-state index contributed by atoms with van der Waals surface area (Å²) in [4.78, 5) is 26.3. The SMILES string of the molecule is CCN(Cc1ccc(OC)c(OC)c1)C(=O)CNC(=O)c1ccccc1Cl. The molecule has 0 aromatic heterocycles. The van der Waals surface area contributed by atoms with E-state index in [0.29, 0.717) is 35.2 Å². The van der Waals surface area contributed by atoms with Gasteiger partial charge in [-0.05, 0) is 36.8 Å². The van der Waals surface area contributed by atoms with Gasteiger partial charge in [0, 0.05) is 13.1 Å². The smallest absolute Gasteiger partial charge is 0.253 e. The lowest BCUT2D eigenvalue weighted by Gasteiger charge is -2.22. The fourth-order valence-corrected chi connectivity index (χ4v) is 2.81. The van der Waals surface area contributed by atoms with Crippen LogP contribution in [0, 0.1) is 0 Å². The number of ether oxygens (including phenoxy) is 2. The molecule has 2 amide bonds. The van der Waals surface area contributed by atoms with Gasteiger partial charge >= 0.3 is 0 Å². The van der Waals surface area contributed by atoms with Gasteiger partial charge in [0.1, 0.15) is 0 Å². The van der Waals surface area contributed by atoms with Gasteiger partial charge in [-0.3, -0.25) is 9.59 Å². The number of methoxy groups -OCH3 is 2. The first-order chi connectivity index (χ1) is 13.0. The van der Waals surface area contributed by atoms with Crippen molar-refractivity contribution in [1.82, 2.24) is 10.2 Å². The molecule has 0 unspecified atom stereocenters. The van der Waals surface area contributed by atoms with Crippen LogP contribution in [0.15, 0.2) is 42.5 Å². The Bertz CT molecular complexity index is 810. The predicted octanol–water partition coefficient (Wildman–Crippen LogP) is 3.14. The molecule has 1 N–H and O–H groups in total. The lowest BCUT2D eigenvalue weighted by atomic mass is 10.2. The first kappa shape index (κ1) is 20.6. The number of carbonyl (C=O) groups is 2. The van der Waals surface area contributed by atoms with E-state index in [9.17, 15) is 9.59 Å². The Morgan fingerprint density at radius 1 is 1.07 bits per heavy atom. The molecule has 27 heavy (non-hydrogen) atoms. The van der Waals surface area contributed by atoms with Gasteiger partial charge in [0.2, 0.25) is 5.91 Å². The average Bonchev–Trinajstić information content (AvgIpc) is 2.70. The zero-order valence-electron chi connectivity index (χ0n) is 15.6. The maximum atomic E-state index is 12.5. The highest BCUT2D eigenvalue weighted by molar-refractivity contribution is 6.33. The van der Waals surface area contributed by atoms with Gasteiger partial charge in [0.25, 0.3) is 5.91 Å². The number of hydrogen-bond donors (Lipinski definition) is 1. The van der Waals surface area contributed by atoms with Crippen LogP contribution in [-0.2, 0) is 11.3 Å². The van der Waals surface area contributed by atoms with Crippen molar-refractivity contribution in [2.45, 2.75) is 13.5 Å². The van der Waals surface area contributed by atoms with E-state index in [1.807, 2.05) is 19.1 Å². The molecule has 6 nitrogen and oxygen atoms in total. The van der Waals surface area contributed by atoms with Crippen LogP contribution in [0.25, 0.3) is 0 Å². The Balaban J connectivity index is 1.99. The van der Waals surface area contributed by atoms with E-state index in [1.165, 1.54) is 0 Å². The summed E-state index contributed by atoms with van der Waals surface area (Å²) in [5.74, 6) is 0.664. The van der Waals surface area contributed by atoms with Crippen LogP contribution in [0.4, 0.5) is 0 Å². The number of carbonyl (C=O) groups excluding carboxylic acids is 2. The molecule has 0 bridgehead atoms. The van der Waals surface area contributed by atoms with Gasteiger partial charge in [-0.2, -0.15) is 0 Å². The minimum atomic E-state index is -0.379. The van der Waals surface area contributed by atoms with Crippen LogP contribution < -0.4 is 14.8 Å². The summed E-state index contributed by atoms with van der Waals surface area (Å²) in [6.45, 7) is 2.69. The van der Waals surface area contributed by atoms with E-state index in [2.05, 4.69) is 5.32 Å². The Kier molecular flexibility index (Phi) is 7.49. The maximum absolute atomic E-state index is 12.5. The number of hydrogen-bond acceptors (Lipinski definition) is 4.